The number of ether oxygens (including phenoxy) is 2. The van der Waals surface area contributed by atoms with Gasteiger partial charge in [0, 0.05) is 17.6 Å². The SMILES string of the molecule is C#CCOc1c(CNC(C)(C)CO)cccc1OC. The Morgan fingerprint density at radius 2 is 2.16 bits per heavy atom. The van der Waals surface area contributed by atoms with E-state index < -0.39 is 0 Å². The number of rotatable bonds is 7. The summed E-state index contributed by atoms with van der Waals surface area (Å²) in [7, 11) is 1.59. The van der Waals surface area contributed by atoms with Gasteiger partial charge in [-0.05, 0) is 19.9 Å². The van der Waals surface area contributed by atoms with Gasteiger partial charge in [0.25, 0.3) is 0 Å². The highest BCUT2D eigenvalue weighted by Crippen LogP contribution is 2.31. The van der Waals surface area contributed by atoms with Crippen molar-refractivity contribution in [3.63, 3.8) is 0 Å². The molecule has 0 heterocycles. The van der Waals surface area contributed by atoms with Crippen molar-refractivity contribution >= 4 is 0 Å². The molecule has 0 bridgehead atoms. The standard InChI is InChI=1S/C15H21NO3/c1-5-9-19-14-12(7-6-8-13(14)18-4)10-16-15(2,3)11-17/h1,6-8,16-17H,9-11H2,2-4H3. The fraction of sp³-hybridized carbons (Fsp3) is 0.467. The lowest BCUT2D eigenvalue weighted by atomic mass is 10.1. The van der Waals surface area contributed by atoms with Gasteiger partial charge in [-0.1, -0.05) is 18.1 Å². The molecule has 1 aromatic carbocycles. The maximum atomic E-state index is 9.24. The highest BCUT2D eigenvalue weighted by Gasteiger charge is 2.17. The third-order valence-electron chi connectivity index (χ3n) is 2.73. The van der Waals surface area contributed by atoms with Crippen molar-refractivity contribution in [2.45, 2.75) is 25.9 Å². The third-order valence-corrected chi connectivity index (χ3v) is 2.73. The van der Waals surface area contributed by atoms with Crippen LogP contribution in [0.2, 0.25) is 0 Å². The van der Waals surface area contributed by atoms with Gasteiger partial charge in [-0.15, -0.1) is 6.42 Å². The van der Waals surface area contributed by atoms with Crippen molar-refractivity contribution in [1.29, 1.82) is 0 Å². The van der Waals surface area contributed by atoms with Gasteiger partial charge in [-0.25, -0.2) is 0 Å². The minimum atomic E-state index is -0.355. The summed E-state index contributed by atoms with van der Waals surface area (Å²) in [6.45, 7) is 4.66. The number of para-hydroxylation sites is 1. The minimum absolute atomic E-state index is 0.0531. The van der Waals surface area contributed by atoms with E-state index in [1.54, 1.807) is 7.11 Å². The van der Waals surface area contributed by atoms with Crippen LogP contribution in [0.4, 0.5) is 0 Å². The van der Waals surface area contributed by atoms with Crippen molar-refractivity contribution in [2.24, 2.45) is 0 Å². The van der Waals surface area contributed by atoms with Crippen LogP contribution in [0.15, 0.2) is 18.2 Å². The average molecular weight is 263 g/mol. The molecular weight excluding hydrogens is 242 g/mol. The van der Waals surface area contributed by atoms with E-state index in [1.165, 1.54) is 0 Å². The van der Waals surface area contributed by atoms with Crippen LogP contribution in [0.1, 0.15) is 19.4 Å². The van der Waals surface area contributed by atoms with E-state index >= 15 is 0 Å². The van der Waals surface area contributed by atoms with Gasteiger partial charge in [-0.2, -0.15) is 0 Å². The van der Waals surface area contributed by atoms with E-state index in [1.807, 2.05) is 32.0 Å². The maximum Gasteiger partial charge on any atom is 0.167 e. The number of nitrogens with one attached hydrogen (secondary N) is 1. The van der Waals surface area contributed by atoms with Gasteiger partial charge >= 0.3 is 0 Å². The highest BCUT2D eigenvalue weighted by molar-refractivity contribution is 5.46. The zero-order chi connectivity index (χ0) is 14.3. The molecule has 0 saturated carbocycles. The number of benzene rings is 1. The molecule has 0 aromatic heterocycles. The van der Waals surface area contributed by atoms with Gasteiger partial charge in [0.05, 0.1) is 13.7 Å². The van der Waals surface area contributed by atoms with Crippen LogP contribution in [-0.4, -0.2) is 31.0 Å². The number of terminal acetylenes is 1. The molecule has 0 fully saturated rings. The van der Waals surface area contributed by atoms with E-state index in [-0.39, 0.29) is 18.8 Å². The zero-order valence-corrected chi connectivity index (χ0v) is 11.7. The van der Waals surface area contributed by atoms with Gasteiger partial charge in [-0.3, -0.25) is 0 Å². The van der Waals surface area contributed by atoms with E-state index in [2.05, 4.69) is 11.2 Å². The van der Waals surface area contributed by atoms with Gasteiger partial charge in [0.2, 0.25) is 0 Å². The normalized spacial score (nSPS) is 10.9. The number of aliphatic hydroxyl groups excluding tert-OH is 1. The van der Waals surface area contributed by atoms with Crippen molar-refractivity contribution in [3.8, 4) is 23.8 Å². The van der Waals surface area contributed by atoms with Crippen LogP contribution >= 0.6 is 0 Å². The van der Waals surface area contributed by atoms with E-state index in [0.29, 0.717) is 18.0 Å². The quantitative estimate of drug-likeness (QED) is 0.733. The first-order chi connectivity index (χ1) is 9.04. The number of hydrogen-bond donors (Lipinski definition) is 2. The average Bonchev–Trinajstić information content (AvgIpc) is 2.43. The molecule has 0 radical (unpaired) electrons. The van der Waals surface area contributed by atoms with Crippen molar-refractivity contribution in [1.82, 2.24) is 5.32 Å². The lowest BCUT2D eigenvalue weighted by molar-refractivity contribution is 0.187. The Labute approximate surface area is 114 Å². The monoisotopic (exact) mass is 263 g/mol. The molecule has 0 unspecified atom stereocenters. The molecule has 0 saturated heterocycles. The lowest BCUT2D eigenvalue weighted by Gasteiger charge is -2.24. The number of hydrogen-bond acceptors (Lipinski definition) is 4. The summed E-state index contributed by atoms with van der Waals surface area (Å²) < 4.78 is 10.8. The summed E-state index contributed by atoms with van der Waals surface area (Å²) in [5.74, 6) is 3.73. The molecule has 0 amide bonds. The second-order valence-corrected chi connectivity index (χ2v) is 4.84. The van der Waals surface area contributed by atoms with Gasteiger partial charge < -0.3 is 19.9 Å². The third kappa shape index (κ3) is 4.47. The van der Waals surface area contributed by atoms with Crippen molar-refractivity contribution in [3.05, 3.63) is 23.8 Å². The largest absolute Gasteiger partial charge is 0.493 e. The molecule has 0 aliphatic carbocycles. The summed E-state index contributed by atoms with van der Waals surface area (Å²) in [6.07, 6.45) is 5.22. The van der Waals surface area contributed by atoms with E-state index in [9.17, 15) is 5.11 Å². The highest BCUT2D eigenvalue weighted by atomic mass is 16.5. The molecule has 0 spiro atoms. The molecule has 0 aliphatic rings. The summed E-state index contributed by atoms with van der Waals surface area (Å²) in [5, 5.41) is 12.5. The molecule has 0 atom stereocenters. The first-order valence-corrected chi connectivity index (χ1v) is 6.12. The van der Waals surface area contributed by atoms with Crippen LogP contribution < -0.4 is 14.8 Å². The van der Waals surface area contributed by atoms with Crippen LogP contribution in [-0.2, 0) is 6.54 Å². The fourth-order valence-corrected chi connectivity index (χ4v) is 1.53. The summed E-state index contributed by atoms with van der Waals surface area (Å²) in [4.78, 5) is 0. The van der Waals surface area contributed by atoms with Crippen LogP contribution in [0, 0.1) is 12.3 Å². The minimum Gasteiger partial charge on any atom is -0.493 e. The van der Waals surface area contributed by atoms with Crippen LogP contribution in [0.5, 0.6) is 11.5 Å². The van der Waals surface area contributed by atoms with Crippen LogP contribution in [0.3, 0.4) is 0 Å². The molecule has 1 aromatic rings. The zero-order valence-electron chi connectivity index (χ0n) is 11.7. The first kappa shape index (κ1) is 15.4. The molecule has 2 N–H and O–H groups in total. The Kier molecular flexibility index (Phi) is 5.68. The van der Waals surface area contributed by atoms with E-state index in [0.717, 1.165) is 5.56 Å². The predicted molar refractivity (Wildman–Crippen MR) is 75.3 cm³/mol. The predicted octanol–water partition coefficient (Wildman–Crippen LogP) is 1.57. The molecular formula is C15H21NO3. The van der Waals surface area contributed by atoms with Crippen molar-refractivity contribution in [2.75, 3.05) is 20.3 Å². The van der Waals surface area contributed by atoms with E-state index in [4.69, 9.17) is 15.9 Å². The molecule has 0 aliphatic heterocycles. The topological polar surface area (TPSA) is 50.7 Å². The summed E-state index contributed by atoms with van der Waals surface area (Å²) in [5.41, 5.74) is 0.586. The molecule has 1 rings (SSSR count). The second-order valence-electron chi connectivity index (χ2n) is 4.84. The summed E-state index contributed by atoms with van der Waals surface area (Å²) >= 11 is 0. The molecule has 4 heteroatoms. The summed E-state index contributed by atoms with van der Waals surface area (Å²) in [6, 6.07) is 5.66. The molecule has 4 nitrogen and oxygen atoms in total. The Balaban J connectivity index is 2.90. The van der Waals surface area contributed by atoms with Gasteiger partial charge in [0.15, 0.2) is 11.5 Å². The number of aliphatic hydroxyl groups is 1. The smallest absolute Gasteiger partial charge is 0.167 e. The Morgan fingerprint density at radius 1 is 1.42 bits per heavy atom. The molecule has 104 valence electrons. The Hall–Kier alpha value is -1.70. The second kappa shape index (κ2) is 7.03. The fourth-order valence-electron chi connectivity index (χ4n) is 1.53. The first-order valence-electron chi connectivity index (χ1n) is 6.12. The lowest BCUT2D eigenvalue weighted by Crippen LogP contribution is -2.42. The number of methoxy groups -OCH3 is 1. The Bertz CT molecular complexity index is 449. The van der Waals surface area contributed by atoms with Crippen molar-refractivity contribution < 1.29 is 14.6 Å². The Morgan fingerprint density at radius 3 is 2.74 bits per heavy atom. The molecule has 19 heavy (non-hydrogen) atoms. The van der Waals surface area contributed by atoms with Gasteiger partial charge in [0.1, 0.15) is 6.61 Å². The van der Waals surface area contributed by atoms with Crippen LogP contribution in [0.25, 0.3) is 0 Å². The maximum absolute atomic E-state index is 9.24.